The van der Waals surface area contributed by atoms with Gasteiger partial charge in [-0.25, -0.2) is 0 Å². The molecule has 0 atom stereocenters. The first-order chi connectivity index (χ1) is 6.34. The fraction of sp³-hybridized carbons (Fsp3) is 0.545. The van der Waals surface area contributed by atoms with Gasteiger partial charge >= 0.3 is 0 Å². The van der Waals surface area contributed by atoms with E-state index >= 15 is 0 Å². The van der Waals surface area contributed by atoms with Crippen LogP contribution in [-0.4, -0.2) is 11.1 Å². The van der Waals surface area contributed by atoms with Gasteiger partial charge in [-0.3, -0.25) is 4.98 Å². The van der Waals surface area contributed by atoms with Crippen molar-refractivity contribution in [2.75, 3.05) is 0 Å². The molecule has 0 N–H and O–H groups in total. The lowest BCUT2D eigenvalue weighted by molar-refractivity contribution is -0.0352. The first-order valence-electron chi connectivity index (χ1n) is 4.85. The molecule has 1 aromatic rings. The number of ether oxygens (including phenoxy) is 1. The molecule has 0 aromatic carbocycles. The Bertz CT molecular complexity index is 254. The van der Waals surface area contributed by atoms with Gasteiger partial charge in [-0.15, -0.1) is 0 Å². The fourth-order valence-corrected chi connectivity index (χ4v) is 1.66. The molecule has 1 fully saturated rings. The van der Waals surface area contributed by atoms with Crippen LogP contribution >= 0.6 is 0 Å². The summed E-state index contributed by atoms with van der Waals surface area (Å²) in [7, 11) is 0. The molecule has 70 valence electrons. The average Bonchev–Trinajstić information content (AvgIpc) is 2.12. The molecule has 0 bridgehead atoms. The Morgan fingerprint density at radius 2 is 2.08 bits per heavy atom. The first kappa shape index (κ1) is 8.70. The van der Waals surface area contributed by atoms with Crippen LogP contribution in [0.1, 0.15) is 25.3 Å². The Morgan fingerprint density at radius 1 is 1.38 bits per heavy atom. The molecule has 0 aliphatic heterocycles. The number of nitrogens with zero attached hydrogens (tertiary/aromatic N) is 1. The predicted molar refractivity (Wildman–Crippen MR) is 51.2 cm³/mol. The molecule has 2 heteroatoms. The average molecular weight is 177 g/mol. The van der Waals surface area contributed by atoms with Crippen molar-refractivity contribution in [3.63, 3.8) is 0 Å². The van der Waals surface area contributed by atoms with E-state index in [2.05, 4.69) is 11.9 Å². The normalized spacial score (nSPS) is 26.8. The van der Waals surface area contributed by atoms with Crippen LogP contribution in [0.15, 0.2) is 24.5 Å². The van der Waals surface area contributed by atoms with E-state index in [1.807, 2.05) is 24.5 Å². The summed E-state index contributed by atoms with van der Waals surface area (Å²) in [4.78, 5) is 3.96. The van der Waals surface area contributed by atoms with E-state index in [0.717, 1.165) is 12.5 Å². The molecule has 2 nitrogen and oxygen atoms in total. The second kappa shape index (κ2) is 3.88. The van der Waals surface area contributed by atoms with E-state index in [0.29, 0.717) is 6.10 Å². The van der Waals surface area contributed by atoms with Crippen molar-refractivity contribution >= 4 is 0 Å². The fourth-order valence-electron chi connectivity index (χ4n) is 1.66. The van der Waals surface area contributed by atoms with Gasteiger partial charge < -0.3 is 4.74 Å². The minimum absolute atomic E-state index is 0.503. The lowest BCUT2D eigenvalue weighted by Gasteiger charge is -2.32. The SMILES string of the molecule is CC1CC(OCc2ccncc2)C1. The van der Waals surface area contributed by atoms with Gasteiger partial charge in [0.15, 0.2) is 0 Å². The summed E-state index contributed by atoms with van der Waals surface area (Å²) in [5.74, 6) is 0.863. The van der Waals surface area contributed by atoms with Crippen LogP contribution in [0.4, 0.5) is 0 Å². The van der Waals surface area contributed by atoms with Crippen molar-refractivity contribution in [1.82, 2.24) is 4.98 Å². The topological polar surface area (TPSA) is 22.1 Å². The molecule has 1 saturated carbocycles. The summed E-state index contributed by atoms with van der Waals surface area (Å²) >= 11 is 0. The quantitative estimate of drug-likeness (QED) is 0.707. The maximum Gasteiger partial charge on any atom is 0.0721 e. The minimum Gasteiger partial charge on any atom is -0.374 e. The van der Waals surface area contributed by atoms with Gasteiger partial charge in [-0.05, 0) is 36.5 Å². The highest BCUT2D eigenvalue weighted by atomic mass is 16.5. The molecule has 1 aliphatic carbocycles. The molecular weight excluding hydrogens is 162 g/mol. The van der Waals surface area contributed by atoms with Crippen LogP contribution in [0.2, 0.25) is 0 Å². The Hall–Kier alpha value is -0.890. The third kappa shape index (κ3) is 2.28. The van der Waals surface area contributed by atoms with Crippen molar-refractivity contribution in [3.8, 4) is 0 Å². The lowest BCUT2D eigenvalue weighted by atomic mass is 9.84. The van der Waals surface area contributed by atoms with Gasteiger partial charge in [0.05, 0.1) is 12.7 Å². The summed E-state index contributed by atoms with van der Waals surface area (Å²) in [5.41, 5.74) is 1.22. The van der Waals surface area contributed by atoms with Crippen LogP contribution in [0.5, 0.6) is 0 Å². The summed E-state index contributed by atoms with van der Waals surface area (Å²) in [6.07, 6.45) is 6.57. The second-order valence-corrected chi connectivity index (χ2v) is 3.87. The molecule has 0 unspecified atom stereocenters. The smallest absolute Gasteiger partial charge is 0.0721 e. The van der Waals surface area contributed by atoms with E-state index in [1.54, 1.807) is 0 Å². The standard InChI is InChI=1S/C11H15NO/c1-9-6-11(7-9)13-8-10-2-4-12-5-3-10/h2-5,9,11H,6-8H2,1H3. The molecule has 1 aliphatic rings. The Kier molecular flexibility index (Phi) is 2.60. The van der Waals surface area contributed by atoms with Gasteiger partial charge in [-0.1, -0.05) is 6.92 Å². The third-order valence-electron chi connectivity index (χ3n) is 2.57. The number of pyridine rings is 1. The second-order valence-electron chi connectivity index (χ2n) is 3.87. The largest absolute Gasteiger partial charge is 0.374 e. The monoisotopic (exact) mass is 177 g/mol. The van der Waals surface area contributed by atoms with Crippen molar-refractivity contribution in [3.05, 3.63) is 30.1 Å². The maximum absolute atomic E-state index is 5.71. The van der Waals surface area contributed by atoms with E-state index in [1.165, 1.54) is 18.4 Å². The third-order valence-corrected chi connectivity index (χ3v) is 2.57. The summed E-state index contributed by atoms with van der Waals surface area (Å²) in [6.45, 7) is 3.01. The highest BCUT2D eigenvalue weighted by Crippen LogP contribution is 2.29. The molecule has 0 amide bonds. The predicted octanol–water partition coefficient (Wildman–Crippen LogP) is 2.40. The molecular formula is C11H15NO. The van der Waals surface area contributed by atoms with Crippen molar-refractivity contribution in [2.24, 2.45) is 5.92 Å². The number of aromatic nitrogens is 1. The van der Waals surface area contributed by atoms with Crippen LogP contribution < -0.4 is 0 Å². The highest BCUT2D eigenvalue weighted by molar-refractivity contribution is 5.08. The maximum atomic E-state index is 5.71. The first-order valence-corrected chi connectivity index (χ1v) is 4.85. The molecule has 13 heavy (non-hydrogen) atoms. The summed E-state index contributed by atoms with van der Waals surface area (Å²) < 4.78 is 5.71. The minimum atomic E-state index is 0.503. The molecule has 1 aromatic heterocycles. The molecule has 1 heterocycles. The highest BCUT2D eigenvalue weighted by Gasteiger charge is 2.25. The van der Waals surface area contributed by atoms with E-state index in [4.69, 9.17) is 4.74 Å². The number of rotatable bonds is 3. The zero-order valence-corrected chi connectivity index (χ0v) is 7.94. The van der Waals surface area contributed by atoms with Gasteiger partial charge in [0.1, 0.15) is 0 Å². The zero-order valence-electron chi connectivity index (χ0n) is 7.94. The van der Waals surface area contributed by atoms with E-state index < -0.39 is 0 Å². The number of hydrogen-bond acceptors (Lipinski definition) is 2. The summed E-state index contributed by atoms with van der Waals surface area (Å²) in [5, 5.41) is 0. The molecule has 2 rings (SSSR count). The van der Waals surface area contributed by atoms with E-state index in [-0.39, 0.29) is 0 Å². The van der Waals surface area contributed by atoms with Crippen LogP contribution in [0.25, 0.3) is 0 Å². The van der Waals surface area contributed by atoms with Gasteiger partial charge in [0.25, 0.3) is 0 Å². The van der Waals surface area contributed by atoms with Crippen molar-refractivity contribution in [1.29, 1.82) is 0 Å². The zero-order chi connectivity index (χ0) is 9.10. The van der Waals surface area contributed by atoms with Crippen LogP contribution in [0, 0.1) is 5.92 Å². The van der Waals surface area contributed by atoms with Gasteiger partial charge in [0.2, 0.25) is 0 Å². The Labute approximate surface area is 78.9 Å². The Morgan fingerprint density at radius 3 is 2.69 bits per heavy atom. The Balaban J connectivity index is 1.74. The number of hydrogen-bond donors (Lipinski definition) is 0. The van der Waals surface area contributed by atoms with E-state index in [9.17, 15) is 0 Å². The molecule has 0 radical (unpaired) electrons. The van der Waals surface area contributed by atoms with Crippen molar-refractivity contribution in [2.45, 2.75) is 32.5 Å². The van der Waals surface area contributed by atoms with Gasteiger partial charge in [0, 0.05) is 12.4 Å². The molecule has 0 spiro atoms. The summed E-state index contributed by atoms with van der Waals surface area (Å²) in [6, 6.07) is 4.00. The van der Waals surface area contributed by atoms with Gasteiger partial charge in [-0.2, -0.15) is 0 Å². The van der Waals surface area contributed by atoms with Crippen molar-refractivity contribution < 1.29 is 4.74 Å². The van der Waals surface area contributed by atoms with Crippen LogP contribution in [0.3, 0.4) is 0 Å². The van der Waals surface area contributed by atoms with Crippen LogP contribution in [-0.2, 0) is 11.3 Å². The molecule has 0 saturated heterocycles. The lowest BCUT2D eigenvalue weighted by Crippen LogP contribution is -2.29.